The van der Waals surface area contributed by atoms with Crippen LogP contribution in [0.25, 0.3) is 0 Å². The minimum absolute atomic E-state index is 0.196. The molecule has 2 aromatic rings. The van der Waals surface area contributed by atoms with Gasteiger partial charge in [-0.3, -0.25) is 4.68 Å². The van der Waals surface area contributed by atoms with E-state index in [0.29, 0.717) is 19.0 Å². The molecule has 2 rings (SSSR count). The zero-order valence-electron chi connectivity index (χ0n) is 11.9. The van der Waals surface area contributed by atoms with E-state index in [0.717, 1.165) is 17.0 Å². The summed E-state index contributed by atoms with van der Waals surface area (Å²) in [6.07, 6.45) is 3.66. The van der Waals surface area contributed by atoms with E-state index in [1.807, 2.05) is 6.92 Å². The molecule has 2 heterocycles. The molecule has 0 atom stereocenters. The van der Waals surface area contributed by atoms with Gasteiger partial charge in [0.05, 0.1) is 17.4 Å². The third kappa shape index (κ3) is 3.82. The lowest BCUT2D eigenvalue weighted by Crippen LogP contribution is -2.26. The van der Waals surface area contributed by atoms with E-state index in [1.54, 1.807) is 17.2 Å². The number of hydrogen-bond acceptors (Lipinski definition) is 5. The normalized spacial score (nSPS) is 12.2. The van der Waals surface area contributed by atoms with Crippen molar-refractivity contribution in [3.8, 4) is 0 Å². The number of nitrogens with zero attached hydrogens (tertiary/aromatic N) is 4. The number of hydrogen-bond donors (Lipinski definition) is 0. The van der Waals surface area contributed by atoms with Crippen molar-refractivity contribution < 1.29 is 8.42 Å². The average Bonchev–Trinajstić information content (AvgIpc) is 3.06. The Balaban J connectivity index is 2.13. The van der Waals surface area contributed by atoms with Gasteiger partial charge in [-0.15, -0.1) is 22.9 Å². The van der Waals surface area contributed by atoms with E-state index in [-0.39, 0.29) is 4.90 Å². The summed E-state index contributed by atoms with van der Waals surface area (Å²) in [5.41, 5.74) is 2.58. The molecule has 0 aromatic carbocycles. The molecule has 0 aliphatic carbocycles. The molecule has 0 spiro atoms. The third-order valence-electron chi connectivity index (χ3n) is 3.05. The van der Waals surface area contributed by atoms with Crippen LogP contribution in [0.5, 0.6) is 0 Å². The van der Waals surface area contributed by atoms with Gasteiger partial charge in [0, 0.05) is 37.1 Å². The molecular weight excluding hydrogens is 332 g/mol. The lowest BCUT2D eigenvalue weighted by molar-refractivity contribution is 0.468. The molecule has 0 aliphatic rings. The molecule has 0 saturated heterocycles. The van der Waals surface area contributed by atoms with Crippen LogP contribution in [0.2, 0.25) is 0 Å². The smallest absolute Gasteiger partial charge is 0.246 e. The van der Waals surface area contributed by atoms with Crippen molar-refractivity contribution >= 4 is 33.0 Å². The largest absolute Gasteiger partial charge is 0.271 e. The van der Waals surface area contributed by atoms with Crippen LogP contribution in [0.15, 0.2) is 22.8 Å². The van der Waals surface area contributed by atoms with Gasteiger partial charge in [-0.25, -0.2) is 13.4 Å². The first kappa shape index (κ1) is 16.4. The molecule has 0 unspecified atom stereocenters. The lowest BCUT2D eigenvalue weighted by atomic mass is 10.4. The highest BCUT2D eigenvalue weighted by molar-refractivity contribution is 7.89. The predicted molar refractivity (Wildman–Crippen MR) is 83.1 cm³/mol. The SMILES string of the molecule is Cc1ncsc1CN(C)S(=O)(=O)c1cnn(CCCCl)c1. The molecule has 6 nitrogen and oxygen atoms in total. The Kier molecular flexibility index (Phi) is 5.37. The molecule has 9 heteroatoms. The Bertz CT molecular complexity index is 696. The van der Waals surface area contributed by atoms with Crippen molar-refractivity contribution in [1.82, 2.24) is 19.1 Å². The molecule has 21 heavy (non-hydrogen) atoms. The summed E-state index contributed by atoms with van der Waals surface area (Å²) in [7, 11) is -1.98. The van der Waals surface area contributed by atoms with Crippen LogP contribution < -0.4 is 0 Å². The van der Waals surface area contributed by atoms with Crippen molar-refractivity contribution in [2.24, 2.45) is 0 Å². The first-order valence-corrected chi connectivity index (χ1v) is 9.24. The van der Waals surface area contributed by atoms with Gasteiger partial charge < -0.3 is 0 Å². The van der Waals surface area contributed by atoms with Crippen LogP contribution >= 0.6 is 22.9 Å². The van der Waals surface area contributed by atoms with Gasteiger partial charge in [-0.05, 0) is 13.3 Å². The molecule has 0 amide bonds. The highest BCUT2D eigenvalue weighted by atomic mass is 35.5. The molecule has 116 valence electrons. The van der Waals surface area contributed by atoms with E-state index in [1.165, 1.54) is 28.0 Å². The number of rotatable bonds is 7. The quantitative estimate of drug-likeness (QED) is 0.718. The van der Waals surface area contributed by atoms with E-state index in [4.69, 9.17) is 11.6 Å². The van der Waals surface area contributed by atoms with Crippen LogP contribution in [-0.4, -0.2) is 40.4 Å². The molecule has 0 fully saturated rings. The van der Waals surface area contributed by atoms with Gasteiger partial charge >= 0.3 is 0 Å². The van der Waals surface area contributed by atoms with E-state index < -0.39 is 10.0 Å². The number of alkyl halides is 1. The molecule has 2 aromatic heterocycles. The molecule has 0 aliphatic heterocycles. The standard InChI is InChI=1S/C12H17ClN4O2S2/c1-10-12(20-9-14-10)8-16(2)21(18,19)11-6-15-17(7-11)5-3-4-13/h6-7,9H,3-5,8H2,1-2H3. The fourth-order valence-electron chi connectivity index (χ4n) is 1.77. The van der Waals surface area contributed by atoms with Gasteiger partial charge in [0.25, 0.3) is 0 Å². The van der Waals surface area contributed by atoms with Crippen LogP contribution in [0.1, 0.15) is 17.0 Å². The number of sulfonamides is 1. The first-order chi connectivity index (χ1) is 9.95. The second-order valence-electron chi connectivity index (χ2n) is 4.60. The number of aryl methyl sites for hydroxylation is 2. The number of aromatic nitrogens is 3. The van der Waals surface area contributed by atoms with Crippen molar-refractivity contribution in [2.75, 3.05) is 12.9 Å². The van der Waals surface area contributed by atoms with E-state index in [9.17, 15) is 8.42 Å². The lowest BCUT2D eigenvalue weighted by Gasteiger charge is -2.15. The highest BCUT2D eigenvalue weighted by Gasteiger charge is 2.23. The van der Waals surface area contributed by atoms with E-state index in [2.05, 4.69) is 10.1 Å². The predicted octanol–water partition coefficient (Wildman–Crippen LogP) is 2.10. The Morgan fingerprint density at radius 3 is 2.86 bits per heavy atom. The summed E-state index contributed by atoms with van der Waals surface area (Å²) in [4.78, 5) is 5.27. The zero-order valence-corrected chi connectivity index (χ0v) is 14.2. The van der Waals surface area contributed by atoms with Gasteiger partial charge in [-0.1, -0.05) is 0 Å². The van der Waals surface area contributed by atoms with Crippen LogP contribution in [0.4, 0.5) is 0 Å². The Morgan fingerprint density at radius 1 is 1.48 bits per heavy atom. The second kappa shape index (κ2) is 6.87. The average molecular weight is 349 g/mol. The fourth-order valence-corrected chi connectivity index (χ4v) is 3.89. The van der Waals surface area contributed by atoms with Gasteiger partial charge in [0.2, 0.25) is 10.0 Å². The van der Waals surface area contributed by atoms with Crippen molar-refractivity contribution in [2.45, 2.75) is 31.3 Å². The minimum atomic E-state index is -3.54. The fraction of sp³-hybridized carbons (Fsp3) is 0.500. The maximum Gasteiger partial charge on any atom is 0.246 e. The third-order valence-corrected chi connectivity index (χ3v) is 5.99. The van der Waals surface area contributed by atoms with Gasteiger partial charge in [0.15, 0.2) is 0 Å². The minimum Gasteiger partial charge on any atom is -0.271 e. The Hall–Kier alpha value is -0.960. The molecule has 0 radical (unpaired) electrons. The molecule has 0 N–H and O–H groups in total. The maximum absolute atomic E-state index is 12.5. The summed E-state index contributed by atoms with van der Waals surface area (Å²) in [6.45, 7) is 2.79. The maximum atomic E-state index is 12.5. The molecule has 0 saturated carbocycles. The van der Waals surface area contributed by atoms with Crippen LogP contribution in [0.3, 0.4) is 0 Å². The summed E-state index contributed by atoms with van der Waals surface area (Å²) in [5, 5.41) is 4.06. The summed E-state index contributed by atoms with van der Waals surface area (Å²) >= 11 is 7.07. The van der Waals surface area contributed by atoms with Crippen LogP contribution in [0, 0.1) is 6.92 Å². The van der Waals surface area contributed by atoms with Crippen molar-refractivity contribution in [3.63, 3.8) is 0 Å². The summed E-state index contributed by atoms with van der Waals surface area (Å²) < 4.78 is 27.9. The Morgan fingerprint density at radius 2 is 2.24 bits per heavy atom. The van der Waals surface area contributed by atoms with E-state index >= 15 is 0 Å². The summed E-state index contributed by atoms with van der Waals surface area (Å²) in [5.74, 6) is 0.520. The van der Waals surface area contributed by atoms with Gasteiger partial charge in [0.1, 0.15) is 4.90 Å². The topological polar surface area (TPSA) is 68.1 Å². The number of halogens is 1. The molecule has 0 bridgehead atoms. The van der Waals surface area contributed by atoms with Gasteiger partial charge in [-0.2, -0.15) is 9.40 Å². The second-order valence-corrected chi connectivity index (χ2v) is 7.97. The molecular formula is C12H17ClN4O2S2. The zero-order chi connectivity index (χ0) is 15.5. The monoisotopic (exact) mass is 348 g/mol. The first-order valence-electron chi connectivity index (χ1n) is 6.39. The number of thiazole rings is 1. The van der Waals surface area contributed by atoms with Crippen molar-refractivity contribution in [1.29, 1.82) is 0 Å². The highest BCUT2D eigenvalue weighted by Crippen LogP contribution is 2.20. The van der Waals surface area contributed by atoms with Crippen LogP contribution in [-0.2, 0) is 23.1 Å². The Labute approximate surface area is 133 Å². The summed E-state index contributed by atoms with van der Waals surface area (Å²) in [6, 6.07) is 0. The van der Waals surface area contributed by atoms with Crippen molar-refractivity contribution in [3.05, 3.63) is 28.5 Å².